The van der Waals surface area contributed by atoms with Crippen LogP contribution < -0.4 is 15.1 Å². The van der Waals surface area contributed by atoms with Crippen molar-refractivity contribution in [2.45, 2.75) is 25.5 Å². The third kappa shape index (κ3) is 3.64. The van der Waals surface area contributed by atoms with Crippen LogP contribution in [0.25, 0.3) is 0 Å². The van der Waals surface area contributed by atoms with Crippen molar-refractivity contribution >= 4 is 23.4 Å². The summed E-state index contributed by atoms with van der Waals surface area (Å²) in [5.74, 6) is -0.564. The van der Waals surface area contributed by atoms with Crippen LogP contribution in [0.1, 0.15) is 19.4 Å². The van der Waals surface area contributed by atoms with Crippen molar-refractivity contribution in [3.05, 3.63) is 42.7 Å². The Balaban J connectivity index is 1.43. The number of nitrogens with zero attached hydrogens (tertiary/aromatic N) is 4. The fraction of sp³-hybridized carbons (Fsp3) is 0.421. The molecule has 2 aliphatic rings. The number of carbonyl (C=O) groups excluding carboxylic acids is 2. The van der Waals surface area contributed by atoms with Crippen molar-refractivity contribution in [1.82, 2.24) is 14.9 Å². The molecule has 1 aromatic carbocycles. The molecule has 0 aliphatic carbocycles. The molecule has 3 heterocycles. The Hall–Kier alpha value is -3.10. The quantitative estimate of drug-likeness (QED) is 0.848. The first-order chi connectivity index (χ1) is 13.5. The van der Waals surface area contributed by atoms with Gasteiger partial charge in [-0.15, -0.1) is 0 Å². The minimum absolute atomic E-state index is 0.190. The summed E-state index contributed by atoms with van der Waals surface area (Å²) >= 11 is 0. The van der Waals surface area contributed by atoms with Crippen molar-refractivity contribution in [2.75, 3.05) is 36.0 Å². The fourth-order valence-electron chi connectivity index (χ4n) is 3.71. The standard InChI is InChI=1S/C19H22FN5O3/c1-13(26)22-9-16-11-25(19(27)28-16)14-2-3-18(17(20)8-14)23-6-4-15(10-23)24-7-5-21-12-24/h2-3,5,7-8,12,15-16H,4,6,9-11H2,1H3,(H,22,26)/t15?,16-/m0/s1. The van der Waals surface area contributed by atoms with Crippen LogP contribution in [0.4, 0.5) is 20.6 Å². The summed E-state index contributed by atoms with van der Waals surface area (Å²) in [4.78, 5) is 30.6. The van der Waals surface area contributed by atoms with E-state index in [-0.39, 0.29) is 30.9 Å². The van der Waals surface area contributed by atoms with Gasteiger partial charge in [-0.1, -0.05) is 0 Å². The van der Waals surface area contributed by atoms with Gasteiger partial charge in [-0.25, -0.2) is 14.2 Å². The van der Waals surface area contributed by atoms with Gasteiger partial charge in [-0.05, 0) is 24.6 Å². The lowest BCUT2D eigenvalue weighted by Gasteiger charge is -2.21. The first kappa shape index (κ1) is 18.3. The van der Waals surface area contributed by atoms with Gasteiger partial charge in [0.1, 0.15) is 11.9 Å². The van der Waals surface area contributed by atoms with Crippen LogP contribution in [0.3, 0.4) is 0 Å². The van der Waals surface area contributed by atoms with E-state index < -0.39 is 12.2 Å². The molecule has 2 fully saturated rings. The third-order valence-corrected chi connectivity index (χ3v) is 5.15. The molecule has 0 saturated carbocycles. The van der Waals surface area contributed by atoms with E-state index in [4.69, 9.17) is 4.74 Å². The zero-order chi connectivity index (χ0) is 19.7. The smallest absolute Gasteiger partial charge is 0.414 e. The number of imidazole rings is 1. The average Bonchev–Trinajstić information content (AvgIpc) is 3.40. The Bertz CT molecular complexity index is 872. The number of carbonyl (C=O) groups is 2. The van der Waals surface area contributed by atoms with Crippen molar-refractivity contribution in [3.63, 3.8) is 0 Å². The highest BCUT2D eigenvalue weighted by Crippen LogP contribution is 2.32. The predicted molar refractivity (Wildman–Crippen MR) is 101 cm³/mol. The maximum absolute atomic E-state index is 14.8. The van der Waals surface area contributed by atoms with Gasteiger partial charge in [0, 0.05) is 32.4 Å². The van der Waals surface area contributed by atoms with Crippen molar-refractivity contribution < 1.29 is 18.7 Å². The molecule has 8 nitrogen and oxygen atoms in total. The maximum Gasteiger partial charge on any atom is 0.414 e. The van der Waals surface area contributed by atoms with Gasteiger partial charge in [0.15, 0.2) is 0 Å². The highest BCUT2D eigenvalue weighted by molar-refractivity contribution is 5.90. The molecular formula is C19H22FN5O3. The van der Waals surface area contributed by atoms with E-state index >= 15 is 0 Å². The lowest BCUT2D eigenvalue weighted by molar-refractivity contribution is -0.119. The van der Waals surface area contributed by atoms with Gasteiger partial charge in [0.25, 0.3) is 0 Å². The number of ether oxygens (including phenoxy) is 1. The van der Waals surface area contributed by atoms with Crippen LogP contribution in [-0.2, 0) is 9.53 Å². The minimum Gasteiger partial charge on any atom is -0.442 e. The number of amides is 2. The Kier molecular flexibility index (Phi) is 4.89. The van der Waals surface area contributed by atoms with E-state index in [2.05, 4.69) is 10.3 Å². The van der Waals surface area contributed by atoms with Crippen LogP contribution in [0, 0.1) is 5.82 Å². The summed E-state index contributed by atoms with van der Waals surface area (Å²) < 4.78 is 22.1. The number of nitrogens with one attached hydrogen (secondary N) is 1. The lowest BCUT2D eigenvalue weighted by atomic mass is 10.2. The highest BCUT2D eigenvalue weighted by atomic mass is 19.1. The van der Waals surface area contributed by atoms with Gasteiger partial charge < -0.3 is 19.5 Å². The first-order valence-corrected chi connectivity index (χ1v) is 9.26. The van der Waals surface area contributed by atoms with Gasteiger partial charge in [0.2, 0.25) is 5.91 Å². The van der Waals surface area contributed by atoms with Crippen molar-refractivity contribution in [2.24, 2.45) is 0 Å². The number of benzene rings is 1. The molecule has 2 aromatic rings. The molecule has 1 unspecified atom stereocenters. The van der Waals surface area contributed by atoms with Crippen LogP contribution in [0.2, 0.25) is 0 Å². The number of cyclic esters (lactones) is 1. The monoisotopic (exact) mass is 387 g/mol. The van der Waals surface area contributed by atoms with E-state index in [1.165, 1.54) is 17.9 Å². The second-order valence-corrected chi connectivity index (χ2v) is 7.09. The van der Waals surface area contributed by atoms with E-state index in [1.807, 2.05) is 15.7 Å². The van der Waals surface area contributed by atoms with Crippen LogP contribution in [-0.4, -0.2) is 53.8 Å². The second-order valence-electron chi connectivity index (χ2n) is 7.09. The summed E-state index contributed by atoms with van der Waals surface area (Å²) in [5.41, 5.74) is 0.968. The Labute approximate surface area is 161 Å². The molecule has 2 amide bonds. The van der Waals surface area contributed by atoms with E-state index in [0.29, 0.717) is 17.9 Å². The number of aromatic nitrogens is 2. The summed E-state index contributed by atoms with van der Waals surface area (Å²) in [7, 11) is 0. The molecule has 148 valence electrons. The minimum atomic E-state index is -0.538. The molecule has 1 N–H and O–H groups in total. The maximum atomic E-state index is 14.8. The molecule has 28 heavy (non-hydrogen) atoms. The van der Waals surface area contributed by atoms with E-state index in [0.717, 1.165) is 13.0 Å². The average molecular weight is 387 g/mol. The number of hydrogen-bond acceptors (Lipinski definition) is 5. The zero-order valence-electron chi connectivity index (χ0n) is 15.5. The summed E-state index contributed by atoms with van der Waals surface area (Å²) in [6.07, 6.45) is 5.37. The van der Waals surface area contributed by atoms with Gasteiger partial charge in [-0.3, -0.25) is 9.69 Å². The molecule has 2 aliphatic heterocycles. The fourth-order valence-corrected chi connectivity index (χ4v) is 3.71. The Morgan fingerprint density at radius 2 is 2.25 bits per heavy atom. The van der Waals surface area contributed by atoms with Crippen molar-refractivity contribution in [3.8, 4) is 0 Å². The van der Waals surface area contributed by atoms with Crippen LogP contribution in [0.15, 0.2) is 36.9 Å². The molecule has 0 bridgehead atoms. The Morgan fingerprint density at radius 3 is 2.96 bits per heavy atom. The summed E-state index contributed by atoms with van der Waals surface area (Å²) in [6, 6.07) is 5.06. The van der Waals surface area contributed by atoms with Crippen LogP contribution in [0.5, 0.6) is 0 Å². The predicted octanol–water partition coefficient (Wildman–Crippen LogP) is 1.93. The third-order valence-electron chi connectivity index (χ3n) is 5.15. The molecule has 9 heteroatoms. The van der Waals surface area contributed by atoms with E-state index in [9.17, 15) is 14.0 Å². The molecule has 2 atom stereocenters. The Morgan fingerprint density at radius 1 is 1.39 bits per heavy atom. The molecule has 0 spiro atoms. The summed E-state index contributed by atoms with van der Waals surface area (Å²) in [5, 5.41) is 2.62. The molecule has 2 saturated heterocycles. The number of hydrogen-bond donors (Lipinski definition) is 1. The topological polar surface area (TPSA) is 79.7 Å². The first-order valence-electron chi connectivity index (χ1n) is 9.26. The molecule has 0 radical (unpaired) electrons. The molecule has 4 rings (SSSR count). The van der Waals surface area contributed by atoms with Gasteiger partial charge in [0.05, 0.1) is 36.8 Å². The zero-order valence-corrected chi connectivity index (χ0v) is 15.5. The second kappa shape index (κ2) is 7.49. The summed E-state index contributed by atoms with van der Waals surface area (Å²) in [6.45, 7) is 3.37. The SMILES string of the molecule is CC(=O)NC[C@H]1CN(c2ccc(N3CCC(n4ccnc4)C3)c(F)c2)C(=O)O1. The number of anilines is 2. The normalized spacial score (nSPS) is 21.9. The molecule has 1 aromatic heterocycles. The lowest BCUT2D eigenvalue weighted by Crippen LogP contribution is -2.33. The van der Waals surface area contributed by atoms with Gasteiger partial charge >= 0.3 is 6.09 Å². The number of halogens is 1. The largest absolute Gasteiger partial charge is 0.442 e. The van der Waals surface area contributed by atoms with Crippen LogP contribution >= 0.6 is 0 Å². The molecular weight excluding hydrogens is 365 g/mol. The van der Waals surface area contributed by atoms with Gasteiger partial charge in [-0.2, -0.15) is 0 Å². The van der Waals surface area contributed by atoms with Crippen molar-refractivity contribution in [1.29, 1.82) is 0 Å². The number of rotatable bonds is 5. The van der Waals surface area contributed by atoms with E-state index in [1.54, 1.807) is 24.7 Å². The highest BCUT2D eigenvalue weighted by Gasteiger charge is 2.33.